The van der Waals surface area contributed by atoms with Gasteiger partial charge < -0.3 is 15.0 Å². The van der Waals surface area contributed by atoms with Crippen LogP contribution in [0.4, 0.5) is 11.4 Å². The van der Waals surface area contributed by atoms with E-state index >= 15 is 0 Å². The standard InChI is InChI=1S/C23H25ClN2O2S2/c1-15-5-8-21-23(16(15)2)26(18-7-6-17(24)13-22(18)30(21)27)11-4-10-25-14-20-19(28-3)9-12-29-20/h5-9,12-13,25H,4,10-11,14H2,1-3H3. The number of rotatable bonds is 7. The fourth-order valence-corrected chi connectivity index (χ4v) is 6.31. The van der Waals surface area contributed by atoms with Crippen LogP contribution in [0.1, 0.15) is 22.4 Å². The maximum Gasteiger partial charge on any atom is 0.134 e. The summed E-state index contributed by atoms with van der Waals surface area (Å²) in [7, 11) is 0.479. The first kappa shape index (κ1) is 21.4. The molecule has 0 spiro atoms. The van der Waals surface area contributed by atoms with Crippen LogP contribution in [-0.4, -0.2) is 24.4 Å². The summed E-state index contributed by atoms with van der Waals surface area (Å²) in [5.74, 6) is 0.942. The molecule has 0 aliphatic carbocycles. The zero-order valence-corrected chi connectivity index (χ0v) is 19.7. The molecule has 158 valence electrons. The van der Waals surface area contributed by atoms with Gasteiger partial charge in [-0.25, -0.2) is 4.21 Å². The van der Waals surface area contributed by atoms with Crippen molar-refractivity contribution in [2.24, 2.45) is 0 Å². The van der Waals surface area contributed by atoms with E-state index in [1.807, 2.05) is 35.7 Å². The van der Waals surface area contributed by atoms with Crippen LogP contribution in [0.25, 0.3) is 0 Å². The van der Waals surface area contributed by atoms with Crippen LogP contribution in [0, 0.1) is 13.8 Å². The number of ether oxygens (including phenoxy) is 1. The third-order valence-electron chi connectivity index (χ3n) is 5.49. The molecule has 0 amide bonds. The summed E-state index contributed by atoms with van der Waals surface area (Å²) in [5.41, 5.74) is 4.44. The summed E-state index contributed by atoms with van der Waals surface area (Å²) < 4.78 is 18.6. The van der Waals surface area contributed by atoms with E-state index in [4.69, 9.17) is 16.3 Å². The van der Waals surface area contributed by atoms with Crippen LogP contribution >= 0.6 is 22.9 Å². The van der Waals surface area contributed by atoms with Crippen molar-refractivity contribution in [3.63, 3.8) is 0 Å². The molecule has 0 saturated heterocycles. The molecule has 1 atom stereocenters. The summed E-state index contributed by atoms with van der Waals surface area (Å²) in [5, 5.41) is 6.18. The first-order valence-electron chi connectivity index (χ1n) is 9.91. The number of anilines is 2. The summed E-state index contributed by atoms with van der Waals surface area (Å²) in [4.78, 5) is 5.17. The van der Waals surface area contributed by atoms with Crippen LogP contribution in [-0.2, 0) is 17.3 Å². The van der Waals surface area contributed by atoms with Crippen LogP contribution < -0.4 is 15.0 Å². The lowest BCUT2D eigenvalue weighted by Gasteiger charge is -2.34. The summed E-state index contributed by atoms with van der Waals surface area (Å²) in [6, 6.07) is 11.7. The van der Waals surface area contributed by atoms with Gasteiger partial charge in [0.1, 0.15) is 5.75 Å². The topological polar surface area (TPSA) is 41.6 Å². The first-order chi connectivity index (χ1) is 14.5. The number of benzene rings is 2. The highest BCUT2D eigenvalue weighted by atomic mass is 35.5. The Balaban J connectivity index is 1.53. The van der Waals surface area contributed by atoms with Crippen molar-refractivity contribution >= 4 is 45.1 Å². The van der Waals surface area contributed by atoms with Gasteiger partial charge in [-0.2, -0.15) is 0 Å². The highest BCUT2D eigenvalue weighted by Crippen LogP contribution is 2.45. The molecule has 30 heavy (non-hydrogen) atoms. The molecule has 1 unspecified atom stereocenters. The molecule has 2 aromatic carbocycles. The lowest BCUT2D eigenvalue weighted by molar-refractivity contribution is 0.410. The molecule has 1 aliphatic heterocycles. The van der Waals surface area contributed by atoms with E-state index in [0.717, 1.165) is 53.0 Å². The van der Waals surface area contributed by atoms with Gasteiger partial charge in [0.2, 0.25) is 0 Å². The number of hydrogen-bond acceptors (Lipinski definition) is 5. The summed E-state index contributed by atoms with van der Waals surface area (Å²) >= 11 is 7.92. The van der Waals surface area contributed by atoms with Gasteiger partial charge in [-0.3, -0.25) is 0 Å². The Morgan fingerprint density at radius 2 is 2.00 bits per heavy atom. The van der Waals surface area contributed by atoms with Crippen LogP contribution in [0.15, 0.2) is 51.6 Å². The Labute approximate surface area is 189 Å². The summed E-state index contributed by atoms with van der Waals surface area (Å²) in [6.45, 7) is 6.72. The SMILES string of the molecule is COc1ccsc1CNCCCN1c2ccc(Cl)cc2S(=O)c2ccc(C)c(C)c21. The second kappa shape index (κ2) is 9.10. The maximum absolute atomic E-state index is 13.2. The number of methoxy groups -OCH3 is 1. The van der Waals surface area contributed by atoms with Gasteiger partial charge >= 0.3 is 0 Å². The molecular weight excluding hydrogens is 436 g/mol. The molecule has 1 aromatic heterocycles. The number of halogens is 1. The predicted octanol–water partition coefficient (Wildman–Crippen LogP) is 5.83. The minimum atomic E-state index is -1.23. The average Bonchev–Trinajstić information content (AvgIpc) is 3.20. The minimum Gasteiger partial charge on any atom is -0.496 e. The zero-order chi connectivity index (χ0) is 21.3. The lowest BCUT2D eigenvalue weighted by Crippen LogP contribution is -2.28. The molecule has 1 aliphatic rings. The molecule has 0 bridgehead atoms. The maximum atomic E-state index is 13.2. The Morgan fingerprint density at radius 1 is 1.17 bits per heavy atom. The highest BCUT2D eigenvalue weighted by Gasteiger charge is 2.29. The van der Waals surface area contributed by atoms with E-state index in [0.29, 0.717) is 5.02 Å². The predicted molar refractivity (Wildman–Crippen MR) is 126 cm³/mol. The van der Waals surface area contributed by atoms with Gasteiger partial charge in [0.25, 0.3) is 0 Å². The largest absolute Gasteiger partial charge is 0.496 e. The molecule has 0 radical (unpaired) electrons. The molecule has 1 N–H and O–H groups in total. The number of nitrogens with zero attached hydrogens (tertiary/aromatic N) is 1. The number of fused-ring (bicyclic) bond motifs is 2. The average molecular weight is 461 g/mol. The van der Waals surface area contributed by atoms with E-state index in [1.165, 1.54) is 16.0 Å². The Bertz CT molecular complexity index is 1100. The molecule has 2 heterocycles. The van der Waals surface area contributed by atoms with E-state index in [-0.39, 0.29) is 0 Å². The van der Waals surface area contributed by atoms with Gasteiger partial charge in [0.15, 0.2) is 0 Å². The minimum absolute atomic E-state index is 0.612. The van der Waals surface area contributed by atoms with Gasteiger partial charge in [-0.05, 0) is 73.7 Å². The fourth-order valence-electron chi connectivity index (χ4n) is 3.80. The molecular formula is C23H25ClN2O2S2. The fraction of sp³-hybridized carbons (Fsp3) is 0.304. The second-order valence-electron chi connectivity index (χ2n) is 7.33. The van der Waals surface area contributed by atoms with Gasteiger partial charge in [-0.1, -0.05) is 17.7 Å². The monoisotopic (exact) mass is 460 g/mol. The molecule has 0 fully saturated rings. The molecule has 3 aromatic rings. The van der Waals surface area contributed by atoms with Crippen molar-refractivity contribution < 1.29 is 8.95 Å². The molecule has 4 rings (SSSR count). The van der Waals surface area contributed by atoms with E-state index in [9.17, 15) is 4.21 Å². The van der Waals surface area contributed by atoms with E-state index in [2.05, 4.69) is 30.1 Å². The van der Waals surface area contributed by atoms with Crippen molar-refractivity contribution in [2.45, 2.75) is 36.6 Å². The molecule has 0 saturated carbocycles. The van der Waals surface area contributed by atoms with Crippen molar-refractivity contribution in [1.29, 1.82) is 0 Å². The quantitative estimate of drug-likeness (QED) is 0.451. The third kappa shape index (κ3) is 4.02. The van der Waals surface area contributed by atoms with Crippen LogP contribution in [0.2, 0.25) is 5.02 Å². The van der Waals surface area contributed by atoms with Gasteiger partial charge in [-0.15, -0.1) is 11.3 Å². The molecule has 4 nitrogen and oxygen atoms in total. The Kier molecular flexibility index (Phi) is 6.48. The normalized spacial score (nSPS) is 15.1. The number of nitrogens with one attached hydrogen (secondary N) is 1. The van der Waals surface area contributed by atoms with Gasteiger partial charge in [0.05, 0.1) is 44.0 Å². The van der Waals surface area contributed by atoms with Crippen molar-refractivity contribution in [2.75, 3.05) is 25.1 Å². The van der Waals surface area contributed by atoms with Crippen molar-refractivity contribution in [1.82, 2.24) is 5.32 Å². The smallest absolute Gasteiger partial charge is 0.134 e. The van der Waals surface area contributed by atoms with Gasteiger partial charge in [0, 0.05) is 18.1 Å². The second-order valence-corrected chi connectivity index (χ2v) is 10.2. The van der Waals surface area contributed by atoms with Crippen molar-refractivity contribution in [3.05, 3.63) is 62.8 Å². The lowest BCUT2D eigenvalue weighted by atomic mass is 10.1. The third-order valence-corrected chi connectivity index (χ3v) is 8.08. The van der Waals surface area contributed by atoms with E-state index < -0.39 is 10.8 Å². The Hall–Kier alpha value is -1.86. The zero-order valence-electron chi connectivity index (χ0n) is 17.3. The Morgan fingerprint density at radius 3 is 2.80 bits per heavy atom. The number of thiophene rings is 1. The van der Waals surface area contributed by atoms with Crippen LogP contribution in [0.5, 0.6) is 5.75 Å². The summed E-state index contributed by atoms with van der Waals surface area (Å²) in [6.07, 6.45) is 0.954. The van der Waals surface area contributed by atoms with Crippen LogP contribution in [0.3, 0.4) is 0 Å². The van der Waals surface area contributed by atoms with E-state index in [1.54, 1.807) is 18.4 Å². The van der Waals surface area contributed by atoms with Crippen molar-refractivity contribution in [3.8, 4) is 5.75 Å². The number of aryl methyl sites for hydroxylation is 1. The first-order valence-corrected chi connectivity index (χ1v) is 12.3. The molecule has 7 heteroatoms. The highest BCUT2D eigenvalue weighted by molar-refractivity contribution is 7.85. The number of hydrogen-bond donors (Lipinski definition) is 1.